The van der Waals surface area contributed by atoms with Gasteiger partial charge < -0.3 is 9.47 Å². The molecule has 2 aliphatic carbocycles. The van der Waals surface area contributed by atoms with Crippen LogP contribution in [0.4, 0.5) is 0 Å². The van der Waals surface area contributed by atoms with Crippen LogP contribution in [-0.2, 0) is 19.1 Å². The largest absolute Gasteiger partial charge is 0.466 e. The molecule has 21 heavy (non-hydrogen) atoms. The van der Waals surface area contributed by atoms with Gasteiger partial charge in [-0.15, -0.1) is 0 Å². The average Bonchev–Trinajstić information content (AvgIpc) is 2.80. The lowest BCUT2D eigenvalue weighted by atomic mass is 9.74. The molecule has 0 unspecified atom stereocenters. The lowest BCUT2D eigenvalue weighted by Gasteiger charge is -2.20. The van der Waals surface area contributed by atoms with Crippen LogP contribution < -0.4 is 0 Å². The molecule has 5 nitrogen and oxygen atoms in total. The molecule has 1 aliphatic heterocycles. The number of nitrogens with zero attached hydrogens (tertiary/aromatic N) is 1. The summed E-state index contributed by atoms with van der Waals surface area (Å²) >= 11 is 0. The molecule has 5 heteroatoms. The third-order valence-corrected chi connectivity index (χ3v) is 4.32. The first-order valence-corrected chi connectivity index (χ1v) is 6.99. The number of ether oxygens (including phenoxy) is 2. The van der Waals surface area contributed by atoms with E-state index in [0.717, 1.165) is 0 Å². The van der Waals surface area contributed by atoms with E-state index < -0.39 is 29.2 Å². The Hall–Kier alpha value is -2.35. The Labute approximate surface area is 122 Å². The first-order chi connectivity index (χ1) is 10.2. The highest BCUT2D eigenvalue weighted by Gasteiger charge is 2.65. The SMILES string of the molecule is CCOC(=O)[C@H]1C2=C(C=CCC=C2)[C@]2(C#N)C(=O)OC[C@H]12. The van der Waals surface area contributed by atoms with Crippen molar-refractivity contribution in [1.29, 1.82) is 5.26 Å². The fourth-order valence-electron chi connectivity index (χ4n) is 3.42. The second kappa shape index (κ2) is 4.88. The minimum atomic E-state index is -1.38. The lowest BCUT2D eigenvalue weighted by Crippen LogP contribution is -2.34. The van der Waals surface area contributed by atoms with Crippen molar-refractivity contribution >= 4 is 11.9 Å². The highest BCUT2D eigenvalue weighted by Crippen LogP contribution is 2.56. The second-order valence-electron chi connectivity index (χ2n) is 5.26. The van der Waals surface area contributed by atoms with E-state index in [1.165, 1.54) is 0 Å². The Morgan fingerprint density at radius 1 is 1.52 bits per heavy atom. The number of fused-ring (bicyclic) bond motifs is 2. The molecule has 0 saturated carbocycles. The molecular weight excluding hydrogens is 270 g/mol. The molecule has 0 aromatic heterocycles. The van der Waals surface area contributed by atoms with E-state index in [4.69, 9.17) is 9.47 Å². The molecule has 3 rings (SSSR count). The topological polar surface area (TPSA) is 76.4 Å². The number of carbonyl (C=O) groups is 2. The number of rotatable bonds is 2. The monoisotopic (exact) mass is 285 g/mol. The molecule has 108 valence electrons. The van der Waals surface area contributed by atoms with Crippen LogP contribution in [0.15, 0.2) is 35.5 Å². The smallest absolute Gasteiger partial charge is 0.331 e. The second-order valence-corrected chi connectivity index (χ2v) is 5.26. The summed E-state index contributed by atoms with van der Waals surface area (Å²) in [5.41, 5.74) is -0.0764. The molecule has 3 aliphatic rings. The molecular formula is C16H15NO4. The van der Waals surface area contributed by atoms with E-state index in [1.54, 1.807) is 13.0 Å². The van der Waals surface area contributed by atoms with Gasteiger partial charge in [0, 0.05) is 5.92 Å². The Kier molecular flexibility index (Phi) is 3.17. The first-order valence-electron chi connectivity index (χ1n) is 6.99. The van der Waals surface area contributed by atoms with E-state index in [0.29, 0.717) is 17.6 Å². The van der Waals surface area contributed by atoms with Crippen molar-refractivity contribution in [1.82, 2.24) is 0 Å². The van der Waals surface area contributed by atoms with Gasteiger partial charge in [-0.2, -0.15) is 5.26 Å². The zero-order valence-corrected chi connectivity index (χ0v) is 11.7. The van der Waals surface area contributed by atoms with Gasteiger partial charge in [-0.1, -0.05) is 24.3 Å². The first kappa shape index (κ1) is 13.6. The third-order valence-electron chi connectivity index (χ3n) is 4.32. The molecule has 1 saturated heterocycles. The molecule has 0 spiro atoms. The van der Waals surface area contributed by atoms with Crippen LogP contribution in [0.3, 0.4) is 0 Å². The van der Waals surface area contributed by atoms with Gasteiger partial charge in [0.2, 0.25) is 0 Å². The average molecular weight is 285 g/mol. The van der Waals surface area contributed by atoms with Crippen LogP contribution in [-0.4, -0.2) is 25.2 Å². The molecule has 1 heterocycles. The maximum Gasteiger partial charge on any atom is 0.331 e. The van der Waals surface area contributed by atoms with Gasteiger partial charge in [-0.3, -0.25) is 4.79 Å². The van der Waals surface area contributed by atoms with Gasteiger partial charge in [0.15, 0.2) is 5.41 Å². The Balaban J connectivity index is 2.18. The molecule has 0 aromatic carbocycles. The number of hydrogen-bond donors (Lipinski definition) is 0. The summed E-state index contributed by atoms with van der Waals surface area (Å²) in [5.74, 6) is -2.09. The maximum absolute atomic E-state index is 12.3. The fraction of sp³-hybridized carbons (Fsp3) is 0.438. The Morgan fingerprint density at radius 3 is 3.00 bits per heavy atom. The molecule has 0 bridgehead atoms. The summed E-state index contributed by atoms with van der Waals surface area (Å²) in [5, 5.41) is 9.66. The standard InChI is InChI=1S/C16H15NO4/c1-2-20-14(18)13-10-6-4-3-5-7-11(10)16(9-17)12(13)8-21-15(16)19/h4-7,12-13H,2-3,8H2,1H3/t12-,13+,16+/m1/s1. The fourth-order valence-corrected chi connectivity index (χ4v) is 3.42. The van der Waals surface area contributed by atoms with Crippen LogP contribution in [0.2, 0.25) is 0 Å². The number of nitriles is 1. The van der Waals surface area contributed by atoms with Gasteiger partial charge in [-0.05, 0) is 24.5 Å². The van der Waals surface area contributed by atoms with Crippen molar-refractivity contribution in [3.05, 3.63) is 35.5 Å². The zero-order valence-electron chi connectivity index (χ0n) is 11.7. The summed E-state index contributed by atoms with van der Waals surface area (Å²) in [6, 6.07) is 2.12. The van der Waals surface area contributed by atoms with E-state index >= 15 is 0 Å². The van der Waals surface area contributed by atoms with Crippen LogP contribution in [0.5, 0.6) is 0 Å². The number of allylic oxidation sites excluding steroid dienone is 4. The number of carbonyl (C=O) groups excluding carboxylic acids is 2. The predicted molar refractivity (Wildman–Crippen MR) is 72.5 cm³/mol. The summed E-state index contributed by atoms with van der Waals surface area (Å²) in [6.07, 6.45) is 8.11. The van der Waals surface area contributed by atoms with Gasteiger partial charge in [0.05, 0.1) is 25.2 Å². The Morgan fingerprint density at radius 2 is 2.29 bits per heavy atom. The van der Waals surface area contributed by atoms with Gasteiger partial charge >= 0.3 is 11.9 Å². The summed E-state index contributed by atoms with van der Waals surface area (Å²) < 4.78 is 10.2. The molecule has 3 atom stereocenters. The van der Waals surface area contributed by atoms with Crippen LogP contribution in [0, 0.1) is 28.6 Å². The van der Waals surface area contributed by atoms with Crippen LogP contribution in [0.1, 0.15) is 13.3 Å². The van der Waals surface area contributed by atoms with Crippen LogP contribution >= 0.6 is 0 Å². The molecule has 1 fully saturated rings. The van der Waals surface area contributed by atoms with Crippen molar-refractivity contribution in [2.24, 2.45) is 17.3 Å². The predicted octanol–water partition coefficient (Wildman–Crippen LogP) is 1.67. The Bertz CT molecular complexity index is 637. The molecule has 0 aromatic rings. The van der Waals surface area contributed by atoms with E-state index in [2.05, 4.69) is 6.07 Å². The maximum atomic E-state index is 12.3. The number of hydrogen-bond acceptors (Lipinski definition) is 5. The van der Waals surface area contributed by atoms with E-state index in [-0.39, 0.29) is 13.2 Å². The van der Waals surface area contributed by atoms with E-state index in [9.17, 15) is 14.9 Å². The minimum absolute atomic E-state index is 0.0740. The highest BCUT2D eigenvalue weighted by atomic mass is 16.5. The summed E-state index contributed by atoms with van der Waals surface area (Å²) in [6.45, 7) is 2.07. The highest BCUT2D eigenvalue weighted by molar-refractivity contribution is 5.93. The number of esters is 2. The lowest BCUT2D eigenvalue weighted by molar-refractivity contribution is -0.148. The van der Waals surface area contributed by atoms with E-state index in [1.807, 2.05) is 18.2 Å². The van der Waals surface area contributed by atoms with Crippen molar-refractivity contribution in [2.45, 2.75) is 13.3 Å². The van der Waals surface area contributed by atoms with Gasteiger partial charge in [0.25, 0.3) is 0 Å². The normalized spacial score (nSPS) is 33.0. The molecule has 0 amide bonds. The van der Waals surface area contributed by atoms with Crippen molar-refractivity contribution in [2.75, 3.05) is 13.2 Å². The third kappa shape index (κ3) is 1.69. The minimum Gasteiger partial charge on any atom is -0.466 e. The van der Waals surface area contributed by atoms with Gasteiger partial charge in [0.1, 0.15) is 0 Å². The summed E-state index contributed by atoms with van der Waals surface area (Å²) in [7, 11) is 0. The van der Waals surface area contributed by atoms with Crippen molar-refractivity contribution in [3.8, 4) is 6.07 Å². The van der Waals surface area contributed by atoms with Gasteiger partial charge in [-0.25, -0.2) is 4.79 Å². The summed E-state index contributed by atoms with van der Waals surface area (Å²) in [4.78, 5) is 24.5. The quantitative estimate of drug-likeness (QED) is 0.721. The van der Waals surface area contributed by atoms with Crippen molar-refractivity contribution < 1.29 is 19.1 Å². The van der Waals surface area contributed by atoms with Crippen LogP contribution in [0.25, 0.3) is 0 Å². The zero-order chi connectivity index (χ0) is 15.0. The number of cyclic esters (lactones) is 1. The molecule has 0 N–H and O–H groups in total. The van der Waals surface area contributed by atoms with Crippen molar-refractivity contribution in [3.63, 3.8) is 0 Å². The molecule has 0 radical (unpaired) electrons.